The van der Waals surface area contributed by atoms with E-state index in [9.17, 15) is 0 Å². The van der Waals surface area contributed by atoms with E-state index in [0.29, 0.717) is 12.0 Å². The molecule has 110 valence electrons. The summed E-state index contributed by atoms with van der Waals surface area (Å²) in [4.78, 5) is 8.53. The normalized spacial score (nSPS) is 20.9. The molecule has 1 heterocycles. The highest BCUT2D eigenvalue weighted by Gasteiger charge is 2.29. The van der Waals surface area contributed by atoms with Crippen molar-refractivity contribution in [3.05, 3.63) is 53.6 Å². The maximum Gasteiger partial charge on any atom is 0.125 e. The van der Waals surface area contributed by atoms with Crippen molar-refractivity contribution in [2.24, 2.45) is 0 Å². The van der Waals surface area contributed by atoms with Crippen molar-refractivity contribution >= 4 is 0 Å². The first-order chi connectivity index (χ1) is 10.2. The second kappa shape index (κ2) is 6.22. The van der Waals surface area contributed by atoms with Crippen molar-refractivity contribution in [3.63, 3.8) is 0 Å². The number of hydrogen-bond acceptors (Lipinski definition) is 4. The molecule has 1 aromatic heterocycles. The topological polar surface area (TPSA) is 47.0 Å². The molecule has 1 N–H and O–H groups in total. The number of nitrogens with zero attached hydrogens (tertiary/aromatic N) is 2. The first kappa shape index (κ1) is 14.0. The fourth-order valence-electron chi connectivity index (χ4n) is 2.79. The Hall–Kier alpha value is -1.94. The van der Waals surface area contributed by atoms with Gasteiger partial charge in [-0.05, 0) is 49.4 Å². The third kappa shape index (κ3) is 3.39. The zero-order chi connectivity index (χ0) is 14.7. The average molecular weight is 283 g/mol. The Labute approximate surface area is 125 Å². The summed E-state index contributed by atoms with van der Waals surface area (Å²) in [7, 11) is 1.70. The van der Waals surface area contributed by atoms with E-state index in [1.54, 1.807) is 7.11 Å². The van der Waals surface area contributed by atoms with Crippen LogP contribution in [0.4, 0.5) is 0 Å². The summed E-state index contributed by atoms with van der Waals surface area (Å²) < 4.78 is 5.19. The summed E-state index contributed by atoms with van der Waals surface area (Å²) in [6.45, 7) is 2.75. The summed E-state index contributed by atoms with van der Waals surface area (Å²) in [6, 6.07) is 11.0. The summed E-state index contributed by atoms with van der Waals surface area (Å²) in [5.74, 6) is 2.42. The van der Waals surface area contributed by atoms with Gasteiger partial charge in [-0.25, -0.2) is 9.97 Å². The average Bonchev–Trinajstić information content (AvgIpc) is 2.46. The predicted octanol–water partition coefficient (Wildman–Crippen LogP) is 2.83. The third-order valence-corrected chi connectivity index (χ3v) is 4.13. The van der Waals surface area contributed by atoms with E-state index in [2.05, 4.69) is 27.4 Å². The number of nitrogens with one attached hydrogen (secondary N) is 1. The van der Waals surface area contributed by atoms with Gasteiger partial charge in [-0.15, -0.1) is 0 Å². The van der Waals surface area contributed by atoms with Gasteiger partial charge in [0.15, 0.2) is 0 Å². The quantitative estimate of drug-likeness (QED) is 0.916. The van der Waals surface area contributed by atoms with Gasteiger partial charge >= 0.3 is 0 Å². The van der Waals surface area contributed by atoms with Crippen molar-refractivity contribution in [1.29, 1.82) is 0 Å². The molecule has 0 amide bonds. The molecule has 0 bridgehead atoms. The van der Waals surface area contributed by atoms with E-state index in [1.807, 2.05) is 31.3 Å². The second-order valence-electron chi connectivity index (χ2n) is 5.61. The molecule has 4 heteroatoms. The van der Waals surface area contributed by atoms with Crippen LogP contribution in [0.3, 0.4) is 0 Å². The number of methoxy groups -OCH3 is 1. The fraction of sp³-hybridized carbons (Fsp3) is 0.412. The van der Waals surface area contributed by atoms with Crippen molar-refractivity contribution in [3.8, 4) is 5.75 Å². The lowest BCUT2D eigenvalue weighted by atomic mass is 9.76. The fourth-order valence-corrected chi connectivity index (χ4v) is 2.79. The Bertz CT molecular complexity index is 591. The molecule has 0 atom stereocenters. The molecule has 1 fully saturated rings. The number of benzene rings is 1. The van der Waals surface area contributed by atoms with Gasteiger partial charge in [0.2, 0.25) is 0 Å². The van der Waals surface area contributed by atoms with Crippen LogP contribution < -0.4 is 10.1 Å². The molecule has 0 saturated heterocycles. The molecule has 0 aliphatic heterocycles. The Morgan fingerprint density at radius 3 is 2.62 bits per heavy atom. The summed E-state index contributed by atoms with van der Waals surface area (Å²) in [5.41, 5.74) is 2.47. The van der Waals surface area contributed by atoms with Crippen LogP contribution in [0.2, 0.25) is 0 Å². The van der Waals surface area contributed by atoms with Crippen LogP contribution in [0, 0.1) is 6.92 Å². The third-order valence-electron chi connectivity index (χ3n) is 4.13. The Morgan fingerprint density at radius 2 is 1.95 bits per heavy atom. The lowest BCUT2D eigenvalue weighted by Gasteiger charge is -2.36. The summed E-state index contributed by atoms with van der Waals surface area (Å²) in [6.07, 6.45) is 4.20. The van der Waals surface area contributed by atoms with E-state index < -0.39 is 0 Å². The standard InChI is InChI=1S/C17H21N3O/c1-12-18-8-7-15(20-12)11-19-16-9-14(10-16)13-3-5-17(21-2)6-4-13/h3-8,14,16,19H,9-11H2,1-2H3. The van der Waals surface area contributed by atoms with Gasteiger partial charge in [0, 0.05) is 18.8 Å². The highest BCUT2D eigenvalue weighted by atomic mass is 16.5. The van der Waals surface area contributed by atoms with E-state index in [0.717, 1.165) is 23.8 Å². The van der Waals surface area contributed by atoms with Gasteiger partial charge in [0.25, 0.3) is 0 Å². The van der Waals surface area contributed by atoms with Gasteiger partial charge in [0.1, 0.15) is 11.6 Å². The molecule has 0 spiro atoms. The molecule has 0 unspecified atom stereocenters. The number of rotatable bonds is 5. The maximum absolute atomic E-state index is 5.19. The molecule has 3 rings (SSSR count). The van der Waals surface area contributed by atoms with E-state index in [-0.39, 0.29) is 0 Å². The van der Waals surface area contributed by atoms with Crippen LogP contribution in [0.1, 0.15) is 35.8 Å². The Morgan fingerprint density at radius 1 is 1.19 bits per heavy atom. The molecule has 4 nitrogen and oxygen atoms in total. The summed E-state index contributed by atoms with van der Waals surface area (Å²) >= 11 is 0. The van der Waals surface area contributed by atoms with Crippen molar-refractivity contribution in [2.45, 2.75) is 38.3 Å². The van der Waals surface area contributed by atoms with Crippen LogP contribution in [0.15, 0.2) is 36.5 Å². The lowest BCUT2D eigenvalue weighted by molar-refractivity contribution is 0.288. The van der Waals surface area contributed by atoms with Crippen LogP contribution in [-0.4, -0.2) is 23.1 Å². The zero-order valence-corrected chi connectivity index (χ0v) is 12.5. The van der Waals surface area contributed by atoms with Crippen molar-refractivity contribution in [2.75, 3.05) is 7.11 Å². The Balaban J connectivity index is 1.47. The zero-order valence-electron chi connectivity index (χ0n) is 12.5. The van der Waals surface area contributed by atoms with E-state index >= 15 is 0 Å². The van der Waals surface area contributed by atoms with Crippen molar-refractivity contribution < 1.29 is 4.74 Å². The van der Waals surface area contributed by atoms with Crippen LogP contribution >= 0.6 is 0 Å². The minimum Gasteiger partial charge on any atom is -0.497 e. The van der Waals surface area contributed by atoms with Gasteiger partial charge in [0.05, 0.1) is 12.8 Å². The summed E-state index contributed by atoms with van der Waals surface area (Å²) in [5, 5.41) is 3.57. The largest absolute Gasteiger partial charge is 0.497 e. The molecule has 1 aromatic carbocycles. The minimum atomic E-state index is 0.590. The highest BCUT2D eigenvalue weighted by molar-refractivity contribution is 5.30. The number of aromatic nitrogens is 2. The van der Waals surface area contributed by atoms with Crippen molar-refractivity contribution in [1.82, 2.24) is 15.3 Å². The molecule has 0 radical (unpaired) electrons. The predicted molar refractivity (Wildman–Crippen MR) is 82.4 cm³/mol. The molecular formula is C17H21N3O. The van der Waals surface area contributed by atoms with Crippen LogP contribution in [0.5, 0.6) is 5.75 Å². The molecule has 1 aliphatic rings. The Kier molecular flexibility index (Phi) is 4.15. The minimum absolute atomic E-state index is 0.590. The highest BCUT2D eigenvalue weighted by Crippen LogP contribution is 2.37. The van der Waals surface area contributed by atoms with E-state index in [4.69, 9.17) is 4.74 Å². The van der Waals surface area contributed by atoms with Gasteiger partial charge in [-0.1, -0.05) is 12.1 Å². The smallest absolute Gasteiger partial charge is 0.125 e. The molecule has 1 aliphatic carbocycles. The molecule has 2 aromatic rings. The van der Waals surface area contributed by atoms with Gasteiger partial charge < -0.3 is 10.1 Å². The van der Waals surface area contributed by atoms with Crippen LogP contribution in [-0.2, 0) is 6.54 Å². The molecular weight excluding hydrogens is 262 g/mol. The lowest BCUT2D eigenvalue weighted by Crippen LogP contribution is -2.39. The SMILES string of the molecule is COc1ccc(C2CC(NCc3ccnc(C)n3)C2)cc1. The van der Waals surface area contributed by atoms with E-state index in [1.165, 1.54) is 18.4 Å². The molecule has 1 saturated carbocycles. The number of aryl methyl sites for hydroxylation is 1. The van der Waals surface area contributed by atoms with Gasteiger partial charge in [-0.3, -0.25) is 0 Å². The monoisotopic (exact) mass is 283 g/mol. The molecule has 21 heavy (non-hydrogen) atoms. The first-order valence-corrected chi connectivity index (χ1v) is 7.40. The maximum atomic E-state index is 5.19. The van der Waals surface area contributed by atoms with Crippen LogP contribution in [0.25, 0.3) is 0 Å². The first-order valence-electron chi connectivity index (χ1n) is 7.40. The second-order valence-corrected chi connectivity index (χ2v) is 5.61. The number of ether oxygens (including phenoxy) is 1. The van der Waals surface area contributed by atoms with Gasteiger partial charge in [-0.2, -0.15) is 0 Å². The number of hydrogen-bond donors (Lipinski definition) is 1.